The topological polar surface area (TPSA) is 88.5 Å². The molecule has 0 radical (unpaired) electrons. The molecule has 1 aromatic heterocycles. The number of rotatable bonds is 7. The summed E-state index contributed by atoms with van der Waals surface area (Å²) in [6.07, 6.45) is 0. The minimum atomic E-state index is -4.21. The zero-order valence-corrected chi connectivity index (χ0v) is 19.2. The van der Waals surface area contributed by atoms with Crippen molar-refractivity contribution in [3.63, 3.8) is 0 Å². The number of sulfonamides is 1. The molecule has 10 heteroatoms. The van der Waals surface area contributed by atoms with Crippen molar-refractivity contribution < 1.29 is 17.6 Å². The molecule has 0 aliphatic carbocycles. The van der Waals surface area contributed by atoms with Gasteiger partial charge in [0.05, 0.1) is 20.8 Å². The Morgan fingerprint density at radius 2 is 1.76 bits per heavy atom. The lowest BCUT2D eigenvalue weighted by Crippen LogP contribution is -2.38. The number of nitrogens with zero attached hydrogens (tertiary/aromatic N) is 2. The first-order chi connectivity index (χ1) is 15.8. The van der Waals surface area contributed by atoms with E-state index in [1.807, 2.05) is 6.92 Å². The molecule has 3 aromatic carbocycles. The Kier molecular flexibility index (Phi) is 6.30. The predicted octanol–water partition coefficient (Wildman–Crippen LogP) is 4.06. The third-order valence-electron chi connectivity index (χ3n) is 5.01. The standard InChI is InChI=1S/C23H20FN3O4S2/c1-2-26-20-13-12-16(14-21(20)32-23(26)29)25-22(28)15-27(19-11-7-6-10-18(19)24)33(30,31)17-8-4-3-5-9-17/h3-14H,2,15H2,1H3,(H,25,28). The van der Waals surface area contributed by atoms with Gasteiger partial charge in [0.2, 0.25) is 5.91 Å². The lowest BCUT2D eigenvalue weighted by atomic mass is 10.3. The number of carbonyl (C=O) groups is 1. The van der Waals surface area contributed by atoms with E-state index in [2.05, 4.69) is 5.32 Å². The number of halogens is 1. The van der Waals surface area contributed by atoms with E-state index >= 15 is 0 Å². The number of hydrogen-bond donors (Lipinski definition) is 1. The van der Waals surface area contributed by atoms with Gasteiger partial charge in [-0.05, 0) is 49.4 Å². The van der Waals surface area contributed by atoms with Gasteiger partial charge in [0.15, 0.2) is 0 Å². The van der Waals surface area contributed by atoms with Crippen molar-refractivity contribution in [3.05, 3.63) is 88.3 Å². The van der Waals surface area contributed by atoms with Crippen molar-refractivity contribution in [1.82, 2.24) is 4.57 Å². The Balaban J connectivity index is 1.65. The average Bonchev–Trinajstić information content (AvgIpc) is 3.12. The second kappa shape index (κ2) is 9.16. The van der Waals surface area contributed by atoms with Crippen LogP contribution in [-0.2, 0) is 21.4 Å². The molecule has 0 fully saturated rings. The molecule has 4 aromatic rings. The lowest BCUT2D eigenvalue weighted by Gasteiger charge is -2.24. The fourth-order valence-corrected chi connectivity index (χ4v) is 5.89. The summed E-state index contributed by atoms with van der Waals surface area (Å²) in [4.78, 5) is 24.8. The van der Waals surface area contributed by atoms with Crippen LogP contribution >= 0.6 is 11.3 Å². The molecular weight excluding hydrogens is 465 g/mol. The first-order valence-electron chi connectivity index (χ1n) is 10.1. The summed E-state index contributed by atoms with van der Waals surface area (Å²) >= 11 is 1.06. The van der Waals surface area contributed by atoms with E-state index in [1.165, 1.54) is 30.3 Å². The van der Waals surface area contributed by atoms with Gasteiger partial charge < -0.3 is 5.32 Å². The van der Waals surface area contributed by atoms with E-state index in [0.29, 0.717) is 16.9 Å². The van der Waals surface area contributed by atoms with Gasteiger partial charge in [0, 0.05) is 12.2 Å². The van der Waals surface area contributed by atoms with E-state index in [-0.39, 0.29) is 15.5 Å². The SMILES string of the molecule is CCn1c(=O)sc2cc(NC(=O)CN(c3ccccc3F)S(=O)(=O)c3ccccc3)ccc21. The van der Waals surface area contributed by atoms with E-state index in [4.69, 9.17) is 0 Å². The monoisotopic (exact) mass is 485 g/mol. The molecular formula is C23H20FN3O4S2. The van der Waals surface area contributed by atoms with Gasteiger partial charge in [-0.3, -0.25) is 18.5 Å². The van der Waals surface area contributed by atoms with Gasteiger partial charge >= 0.3 is 4.87 Å². The van der Waals surface area contributed by atoms with Gasteiger partial charge in [0.25, 0.3) is 10.0 Å². The number of amides is 1. The number of aryl methyl sites for hydroxylation is 1. The molecule has 0 aliphatic rings. The van der Waals surface area contributed by atoms with Gasteiger partial charge in [0.1, 0.15) is 12.4 Å². The highest BCUT2D eigenvalue weighted by atomic mass is 32.2. The largest absolute Gasteiger partial charge is 0.324 e. The number of anilines is 2. The first-order valence-corrected chi connectivity index (χ1v) is 12.3. The fraction of sp³-hybridized carbons (Fsp3) is 0.130. The maximum absolute atomic E-state index is 14.5. The predicted molar refractivity (Wildman–Crippen MR) is 128 cm³/mol. The highest BCUT2D eigenvalue weighted by molar-refractivity contribution is 7.92. The third-order valence-corrected chi connectivity index (χ3v) is 7.72. The van der Waals surface area contributed by atoms with Crippen LogP contribution in [0.1, 0.15) is 6.92 Å². The van der Waals surface area contributed by atoms with E-state index < -0.39 is 28.3 Å². The summed E-state index contributed by atoms with van der Waals surface area (Å²) in [6, 6.07) is 17.9. The molecule has 33 heavy (non-hydrogen) atoms. The van der Waals surface area contributed by atoms with Crippen LogP contribution in [0.4, 0.5) is 15.8 Å². The number of aromatic nitrogens is 1. The fourth-order valence-electron chi connectivity index (χ4n) is 3.45. The number of nitrogens with one attached hydrogen (secondary N) is 1. The van der Waals surface area contributed by atoms with Crippen LogP contribution in [0.2, 0.25) is 0 Å². The number of para-hydroxylation sites is 1. The summed E-state index contributed by atoms with van der Waals surface area (Å²) in [5, 5.41) is 2.65. The van der Waals surface area contributed by atoms with Crippen molar-refractivity contribution in [2.45, 2.75) is 18.4 Å². The molecule has 0 bridgehead atoms. The normalized spacial score (nSPS) is 11.5. The molecule has 0 atom stereocenters. The maximum atomic E-state index is 14.5. The van der Waals surface area contributed by atoms with Crippen LogP contribution in [0.5, 0.6) is 0 Å². The minimum absolute atomic E-state index is 0.0619. The van der Waals surface area contributed by atoms with E-state index in [0.717, 1.165) is 27.2 Å². The van der Waals surface area contributed by atoms with Crippen molar-refractivity contribution in [1.29, 1.82) is 0 Å². The minimum Gasteiger partial charge on any atom is -0.324 e. The highest BCUT2D eigenvalue weighted by Gasteiger charge is 2.29. The van der Waals surface area contributed by atoms with Crippen LogP contribution in [0, 0.1) is 5.82 Å². The number of hydrogen-bond acceptors (Lipinski definition) is 5. The van der Waals surface area contributed by atoms with Gasteiger partial charge in [-0.25, -0.2) is 12.8 Å². The average molecular weight is 486 g/mol. The van der Waals surface area contributed by atoms with Crippen LogP contribution in [0.3, 0.4) is 0 Å². The smallest absolute Gasteiger partial charge is 0.308 e. The Hall–Kier alpha value is -3.50. The van der Waals surface area contributed by atoms with Crippen LogP contribution < -0.4 is 14.5 Å². The number of carbonyl (C=O) groups excluding carboxylic acids is 1. The van der Waals surface area contributed by atoms with Crippen LogP contribution in [0.25, 0.3) is 10.2 Å². The van der Waals surface area contributed by atoms with Crippen LogP contribution in [-0.4, -0.2) is 25.4 Å². The molecule has 1 N–H and O–H groups in total. The molecule has 4 rings (SSSR count). The third kappa shape index (κ3) is 4.53. The molecule has 0 saturated carbocycles. The summed E-state index contributed by atoms with van der Waals surface area (Å²) in [5.74, 6) is -1.42. The zero-order chi connectivity index (χ0) is 23.6. The zero-order valence-electron chi connectivity index (χ0n) is 17.6. The molecule has 7 nitrogen and oxygen atoms in total. The van der Waals surface area contributed by atoms with Crippen molar-refractivity contribution in [2.75, 3.05) is 16.2 Å². The van der Waals surface area contributed by atoms with E-state index in [1.54, 1.807) is 41.0 Å². The second-order valence-corrected chi connectivity index (χ2v) is 9.97. The summed E-state index contributed by atoms with van der Waals surface area (Å²) in [7, 11) is -4.21. The summed E-state index contributed by atoms with van der Waals surface area (Å²) < 4.78 is 44.1. The Bertz CT molecular complexity index is 1480. The van der Waals surface area contributed by atoms with Crippen LogP contribution in [0.15, 0.2) is 82.5 Å². The Morgan fingerprint density at radius 3 is 2.45 bits per heavy atom. The Labute approximate surface area is 193 Å². The van der Waals surface area contributed by atoms with Gasteiger partial charge in [-0.1, -0.05) is 41.7 Å². The summed E-state index contributed by atoms with van der Waals surface area (Å²) in [5.41, 5.74) is 0.929. The maximum Gasteiger partial charge on any atom is 0.308 e. The molecule has 0 aliphatic heterocycles. The number of benzene rings is 3. The molecule has 1 heterocycles. The van der Waals surface area contributed by atoms with Crippen molar-refractivity contribution in [2.24, 2.45) is 0 Å². The second-order valence-electron chi connectivity index (χ2n) is 7.12. The van der Waals surface area contributed by atoms with Crippen molar-refractivity contribution >= 4 is 48.9 Å². The van der Waals surface area contributed by atoms with Crippen molar-refractivity contribution in [3.8, 4) is 0 Å². The lowest BCUT2D eigenvalue weighted by molar-refractivity contribution is -0.114. The molecule has 0 spiro atoms. The molecule has 0 saturated heterocycles. The number of thiazole rings is 1. The van der Waals surface area contributed by atoms with E-state index in [9.17, 15) is 22.4 Å². The van der Waals surface area contributed by atoms with Gasteiger partial charge in [-0.15, -0.1) is 0 Å². The quantitative estimate of drug-likeness (QED) is 0.428. The Morgan fingerprint density at radius 1 is 1.06 bits per heavy atom. The molecule has 0 unspecified atom stereocenters. The number of fused-ring (bicyclic) bond motifs is 1. The highest BCUT2D eigenvalue weighted by Crippen LogP contribution is 2.27. The first kappa shape index (κ1) is 22.7. The summed E-state index contributed by atoms with van der Waals surface area (Å²) in [6.45, 7) is 1.76. The van der Waals surface area contributed by atoms with Gasteiger partial charge in [-0.2, -0.15) is 0 Å². The molecule has 1 amide bonds. The molecule has 170 valence electrons.